The highest BCUT2D eigenvalue weighted by atomic mass is 16.5. The molecule has 10 heavy (non-hydrogen) atoms. The van der Waals surface area contributed by atoms with Crippen LogP contribution in [0.1, 0.15) is 0 Å². The summed E-state index contributed by atoms with van der Waals surface area (Å²) < 4.78 is 4.95. The van der Waals surface area contributed by atoms with Gasteiger partial charge in [-0.05, 0) is 0 Å². The molecule has 50 valence electrons. The minimum Gasteiger partial charge on any atom is -0.364 e. The lowest BCUT2D eigenvalue weighted by atomic mass is 10.3. The van der Waals surface area contributed by atoms with Crippen LogP contribution in [0, 0.1) is 0 Å². The van der Waals surface area contributed by atoms with Gasteiger partial charge in [0.1, 0.15) is 12.0 Å². The fourth-order valence-electron chi connectivity index (χ4n) is 0.852. The normalized spacial score (nSPS) is 10.4. The van der Waals surface area contributed by atoms with Gasteiger partial charge in [0.2, 0.25) is 0 Å². The quantitative estimate of drug-likeness (QED) is 0.548. The van der Waals surface area contributed by atoms with Crippen LogP contribution in [0.4, 0.5) is 0 Å². The maximum absolute atomic E-state index is 4.95. The van der Waals surface area contributed by atoms with Crippen molar-refractivity contribution in [1.82, 2.24) is 9.83 Å². The predicted molar refractivity (Wildman–Crippen MR) is 36.1 cm³/mol. The average Bonchev–Trinajstić information content (AvgIpc) is 2.44. The van der Waals surface area contributed by atoms with Crippen LogP contribution in [0.25, 0.3) is 11.3 Å². The molecule has 0 aromatic rings. The smallest absolute Gasteiger partial charge is 0.133 e. The second kappa shape index (κ2) is 1.70. The number of hydrogen-bond acceptors (Lipinski definition) is 3. The summed E-state index contributed by atoms with van der Waals surface area (Å²) in [5, 5.41) is 3.59. The molecule has 2 aliphatic heterocycles. The van der Waals surface area contributed by atoms with Crippen LogP contribution in [0.2, 0.25) is 0 Å². The molecule has 0 saturated carbocycles. The molecule has 2 aliphatic rings. The van der Waals surface area contributed by atoms with Gasteiger partial charge in [-0.15, -0.1) is 0 Å². The van der Waals surface area contributed by atoms with E-state index in [9.17, 15) is 0 Å². The molecule has 0 atom stereocenters. The van der Waals surface area contributed by atoms with Gasteiger partial charge in [-0.3, -0.25) is 4.98 Å². The highest BCUT2D eigenvalue weighted by molar-refractivity contribution is 5.57. The monoisotopic (exact) mass is 135 g/mol. The summed E-state index contributed by atoms with van der Waals surface area (Å²) in [6.45, 7) is 3.32. The van der Waals surface area contributed by atoms with Crippen LogP contribution in [0.5, 0.6) is 0 Å². The third-order valence-corrected chi connectivity index (χ3v) is 1.32. The maximum atomic E-state index is 4.95. The molecular formula is C6H5N3O. The molecule has 0 aromatic carbocycles. The predicted octanol–water partition coefficient (Wildman–Crippen LogP) is 1.04. The van der Waals surface area contributed by atoms with Gasteiger partial charge in [-0.1, -0.05) is 4.85 Å². The molecular weight excluding hydrogens is 130 g/mol. The Morgan fingerprint density at radius 3 is 3.30 bits per heavy atom. The topological polar surface area (TPSA) is 43.3 Å². The minimum absolute atomic E-state index is 0.843. The Kier molecular flexibility index (Phi) is 0.887. The second-order valence-electron chi connectivity index (χ2n) is 1.89. The van der Waals surface area contributed by atoms with Gasteiger partial charge in [0.25, 0.3) is 0 Å². The van der Waals surface area contributed by atoms with Crippen LogP contribution in [0.3, 0.4) is 0 Å². The Labute approximate surface area is 57.1 Å². The first-order valence-electron chi connectivity index (χ1n) is 2.79. The summed E-state index contributed by atoms with van der Waals surface area (Å²) in [4.78, 5) is 5.22. The van der Waals surface area contributed by atoms with Gasteiger partial charge in [0, 0.05) is 12.9 Å². The van der Waals surface area contributed by atoms with E-state index in [1.807, 2.05) is 0 Å². The lowest BCUT2D eigenvalue weighted by Crippen LogP contribution is -1.82. The van der Waals surface area contributed by atoms with E-state index in [1.165, 1.54) is 4.85 Å². The molecule has 0 aromatic heterocycles. The van der Waals surface area contributed by atoms with E-state index < -0.39 is 0 Å². The first-order valence-corrected chi connectivity index (χ1v) is 2.79. The Morgan fingerprint density at radius 2 is 2.50 bits per heavy atom. The van der Waals surface area contributed by atoms with Gasteiger partial charge in [-0.2, -0.15) is 5.10 Å². The van der Waals surface area contributed by atoms with Crippen LogP contribution >= 0.6 is 0 Å². The molecule has 0 bridgehead atoms. The van der Waals surface area contributed by atoms with Gasteiger partial charge < -0.3 is 4.52 Å². The van der Waals surface area contributed by atoms with Crippen molar-refractivity contribution in [2.45, 2.75) is 0 Å². The van der Waals surface area contributed by atoms with Crippen molar-refractivity contribution in [2.24, 2.45) is 5.10 Å². The first kappa shape index (κ1) is 5.22. The van der Waals surface area contributed by atoms with Crippen molar-refractivity contribution < 1.29 is 4.52 Å². The third kappa shape index (κ3) is 0.500. The number of nitrogens with zero attached hydrogens (tertiary/aromatic N) is 3. The standard InChI is InChI=1S/C6H5N3O/c1-7-9-6-3-8-2-5(6)4-10-9/h2-4H,1H2. The second-order valence-corrected chi connectivity index (χ2v) is 1.89. The SMILES string of the molecule is C=Nn1occ2cncc1-2. The number of aromatic nitrogens is 2. The molecule has 0 spiro atoms. The van der Waals surface area contributed by atoms with E-state index in [4.69, 9.17) is 4.52 Å². The van der Waals surface area contributed by atoms with Gasteiger partial charge in [-0.25, -0.2) is 0 Å². The molecule has 0 unspecified atom stereocenters. The highest BCUT2D eigenvalue weighted by Crippen LogP contribution is 2.21. The molecule has 2 heterocycles. The molecule has 0 fully saturated rings. The summed E-state index contributed by atoms with van der Waals surface area (Å²) >= 11 is 0. The van der Waals surface area contributed by atoms with Crippen molar-refractivity contribution in [2.75, 3.05) is 0 Å². The van der Waals surface area contributed by atoms with Crippen molar-refractivity contribution >= 4 is 6.72 Å². The van der Waals surface area contributed by atoms with Gasteiger partial charge in [0.05, 0.1) is 11.8 Å². The Hall–Kier alpha value is -1.58. The van der Waals surface area contributed by atoms with E-state index >= 15 is 0 Å². The van der Waals surface area contributed by atoms with E-state index in [-0.39, 0.29) is 0 Å². The number of rotatable bonds is 1. The Morgan fingerprint density at radius 1 is 1.60 bits per heavy atom. The molecule has 0 aliphatic carbocycles. The van der Waals surface area contributed by atoms with Crippen molar-refractivity contribution in [1.29, 1.82) is 0 Å². The summed E-state index contributed by atoms with van der Waals surface area (Å²) in [5.74, 6) is 0. The van der Waals surface area contributed by atoms with E-state index in [0.717, 1.165) is 11.3 Å². The zero-order chi connectivity index (χ0) is 6.97. The van der Waals surface area contributed by atoms with Crippen molar-refractivity contribution in [3.63, 3.8) is 0 Å². The molecule has 0 saturated heterocycles. The Bertz CT molecular complexity index is 322. The summed E-state index contributed by atoms with van der Waals surface area (Å²) in [6.07, 6.45) is 4.96. The van der Waals surface area contributed by atoms with Crippen molar-refractivity contribution in [3.8, 4) is 11.3 Å². The van der Waals surface area contributed by atoms with Crippen LogP contribution in [0.15, 0.2) is 28.3 Å². The molecule has 4 heteroatoms. The van der Waals surface area contributed by atoms with E-state index in [2.05, 4.69) is 16.8 Å². The number of fused-ring (bicyclic) bond motifs is 1. The highest BCUT2D eigenvalue weighted by Gasteiger charge is 2.09. The summed E-state index contributed by atoms with van der Waals surface area (Å²) in [5.41, 5.74) is 1.78. The van der Waals surface area contributed by atoms with Gasteiger partial charge >= 0.3 is 0 Å². The van der Waals surface area contributed by atoms with Crippen LogP contribution < -0.4 is 0 Å². The molecule has 4 nitrogen and oxygen atoms in total. The summed E-state index contributed by atoms with van der Waals surface area (Å²) in [7, 11) is 0. The average molecular weight is 135 g/mol. The lowest BCUT2D eigenvalue weighted by molar-refractivity contribution is 0.306. The molecule has 0 N–H and O–H groups in total. The fourth-order valence-corrected chi connectivity index (χ4v) is 0.852. The third-order valence-electron chi connectivity index (χ3n) is 1.32. The van der Waals surface area contributed by atoms with E-state index in [0.29, 0.717) is 0 Å². The minimum atomic E-state index is 0.843. The molecule has 0 radical (unpaired) electrons. The van der Waals surface area contributed by atoms with Crippen molar-refractivity contribution in [3.05, 3.63) is 18.7 Å². The first-order chi connectivity index (χ1) is 4.92. The van der Waals surface area contributed by atoms with E-state index in [1.54, 1.807) is 18.7 Å². The number of hydrogen-bond donors (Lipinski definition) is 0. The zero-order valence-corrected chi connectivity index (χ0v) is 5.19. The van der Waals surface area contributed by atoms with Crippen LogP contribution in [-0.4, -0.2) is 16.6 Å². The molecule has 2 rings (SSSR count). The summed E-state index contributed by atoms with van der Waals surface area (Å²) in [6, 6.07) is 0. The zero-order valence-electron chi connectivity index (χ0n) is 5.19. The fraction of sp³-hybridized carbons (Fsp3) is 0. The largest absolute Gasteiger partial charge is 0.364 e. The Balaban J connectivity index is 2.71. The lowest BCUT2D eigenvalue weighted by Gasteiger charge is -1.88. The van der Waals surface area contributed by atoms with Gasteiger partial charge in [0.15, 0.2) is 0 Å². The maximum Gasteiger partial charge on any atom is 0.133 e. The van der Waals surface area contributed by atoms with Crippen LogP contribution in [-0.2, 0) is 0 Å². The molecule has 0 amide bonds.